The van der Waals surface area contributed by atoms with Gasteiger partial charge < -0.3 is 4.90 Å². The number of fused-ring (bicyclic) bond motifs is 1. The highest BCUT2D eigenvalue weighted by Crippen LogP contribution is 2.18. The minimum Gasteiger partial charge on any atom is -0.336 e. The Kier molecular flexibility index (Phi) is 4.63. The molecule has 1 aromatic carbocycles. The molecule has 26 heavy (non-hydrogen) atoms. The summed E-state index contributed by atoms with van der Waals surface area (Å²) in [4.78, 5) is 26.0. The van der Waals surface area contributed by atoms with E-state index in [1.807, 2.05) is 30.0 Å². The number of aromatic nitrogens is 2. The van der Waals surface area contributed by atoms with Gasteiger partial charge in [0, 0.05) is 50.5 Å². The van der Waals surface area contributed by atoms with Crippen LogP contribution in [0.3, 0.4) is 0 Å². The third kappa shape index (κ3) is 3.44. The molecule has 1 aliphatic rings. The molecular formula is C21H22N4O. The minimum absolute atomic E-state index is 0.0696. The van der Waals surface area contributed by atoms with E-state index in [0.29, 0.717) is 5.56 Å². The van der Waals surface area contributed by atoms with Gasteiger partial charge in [0.25, 0.3) is 5.91 Å². The van der Waals surface area contributed by atoms with Gasteiger partial charge in [0.2, 0.25) is 0 Å². The summed E-state index contributed by atoms with van der Waals surface area (Å²) >= 11 is 0. The molecule has 1 aliphatic heterocycles. The van der Waals surface area contributed by atoms with Crippen LogP contribution in [0.5, 0.6) is 0 Å². The molecule has 132 valence electrons. The van der Waals surface area contributed by atoms with E-state index in [4.69, 9.17) is 0 Å². The van der Waals surface area contributed by atoms with E-state index < -0.39 is 0 Å². The Hall–Kier alpha value is -2.79. The second kappa shape index (κ2) is 7.22. The van der Waals surface area contributed by atoms with E-state index in [1.165, 1.54) is 5.56 Å². The van der Waals surface area contributed by atoms with E-state index in [1.54, 1.807) is 12.4 Å². The molecule has 4 rings (SSSR count). The number of carbonyl (C=O) groups excluding carboxylic acids is 1. The monoisotopic (exact) mass is 346 g/mol. The van der Waals surface area contributed by atoms with Gasteiger partial charge in [0.1, 0.15) is 0 Å². The highest BCUT2D eigenvalue weighted by molar-refractivity contribution is 5.98. The number of benzene rings is 1. The molecule has 0 spiro atoms. The number of hydrogen-bond acceptors (Lipinski definition) is 4. The van der Waals surface area contributed by atoms with E-state index in [2.05, 4.69) is 39.1 Å². The normalized spacial score (nSPS) is 15.3. The quantitative estimate of drug-likeness (QED) is 0.732. The Labute approximate surface area is 153 Å². The lowest BCUT2D eigenvalue weighted by Gasteiger charge is -2.35. The van der Waals surface area contributed by atoms with Crippen LogP contribution in [0.4, 0.5) is 0 Å². The summed E-state index contributed by atoms with van der Waals surface area (Å²) in [5, 5.41) is 0.907. The molecule has 0 aliphatic carbocycles. The standard InChI is InChI=1S/C21H22N4O/c1-16-19(13-18-14-22-8-7-20(18)23-16)21(26)25-11-9-24(10-12-25)15-17-5-3-2-4-6-17/h2-8,13-14H,9-12,15H2,1H3. The second-order valence-electron chi connectivity index (χ2n) is 6.74. The lowest BCUT2D eigenvalue weighted by atomic mass is 10.1. The number of nitrogens with zero attached hydrogens (tertiary/aromatic N) is 4. The lowest BCUT2D eigenvalue weighted by molar-refractivity contribution is 0.0627. The third-order valence-corrected chi connectivity index (χ3v) is 4.94. The first-order chi connectivity index (χ1) is 12.7. The van der Waals surface area contributed by atoms with Gasteiger partial charge in [-0.1, -0.05) is 30.3 Å². The molecule has 0 atom stereocenters. The van der Waals surface area contributed by atoms with Gasteiger partial charge in [-0.3, -0.25) is 19.7 Å². The minimum atomic E-state index is 0.0696. The Balaban J connectivity index is 1.44. The molecule has 5 heteroatoms. The van der Waals surface area contributed by atoms with Crippen molar-refractivity contribution in [3.63, 3.8) is 0 Å². The molecule has 1 fully saturated rings. The number of aryl methyl sites for hydroxylation is 1. The highest BCUT2D eigenvalue weighted by atomic mass is 16.2. The molecule has 0 unspecified atom stereocenters. The lowest BCUT2D eigenvalue weighted by Crippen LogP contribution is -2.48. The molecule has 0 radical (unpaired) electrons. The maximum absolute atomic E-state index is 13.0. The summed E-state index contributed by atoms with van der Waals surface area (Å²) in [6.45, 7) is 6.11. The Morgan fingerprint density at radius 1 is 1.08 bits per heavy atom. The molecule has 2 aromatic heterocycles. The van der Waals surface area contributed by atoms with Crippen LogP contribution in [-0.4, -0.2) is 51.9 Å². The van der Waals surface area contributed by atoms with Crippen LogP contribution < -0.4 is 0 Å². The van der Waals surface area contributed by atoms with Crippen molar-refractivity contribution in [2.75, 3.05) is 26.2 Å². The predicted molar refractivity (Wildman–Crippen MR) is 102 cm³/mol. The average Bonchev–Trinajstić information content (AvgIpc) is 2.68. The smallest absolute Gasteiger partial charge is 0.255 e. The predicted octanol–water partition coefficient (Wildman–Crippen LogP) is 2.90. The van der Waals surface area contributed by atoms with Gasteiger partial charge in [0.05, 0.1) is 16.8 Å². The van der Waals surface area contributed by atoms with Crippen molar-refractivity contribution in [2.24, 2.45) is 0 Å². The Morgan fingerprint density at radius 3 is 2.62 bits per heavy atom. The van der Waals surface area contributed by atoms with Gasteiger partial charge in [-0.15, -0.1) is 0 Å². The molecule has 5 nitrogen and oxygen atoms in total. The fraction of sp³-hybridized carbons (Fsp3) is 0.286. The number of amides is 1. The van der Waals surface area contributed by atoms with Gasteiger partial charge in [0.15, 0.2) is 0 Å². The maximum atomic E-state index is 13.0. The van der Waals surface area contributed by atoms with E-state index in [0.717, 1.165) is 49.3 Å². The van der Waals surface area contributed by atoms with Crippen LogP contribution in [0.1, 0.15) is 21.6 Å². The van der Waals surface area contributed by atoms with Crippen LogP contribution in [0.25, 0.3) is 10.9 Å². The van der Waals surface area contributed by atoms with Crippen LogP contribution in [-0.2, 0) is 6.54 Å². The van der Waals surface area contributed by atoms with Gasteiger partial charge in [-0.25, -0.2) is 0 Å². The fourth-order valence-electron chi connectivity index (χ4n) is 3.45. The number of pyridine rings is 2. The average molecular weight is 346 g/mol. The van der Waals surface area contributed by atoms with Gasteiger partial charge in [-0.05, 0) is 24.6 Å². The first-order valence-corrected chi connectivity index (χ1v) is 8.97. The van der Waals surface area contributed by atoms with Crippen LogP contribution in [0.2, 0.25) is 0 Å². The van der Waals surface area contributed by atoms with Gasteiger partial charge >= 0.3 is 0 Å². The number of rotatable bonds is 3. The van der Waals surface area contributed by atoms with Crippen molar-refractivity contribution in [3.05, 3.63) is 71.7 Å². The zero-order chi connectivity index (χ0) is 17.9. The zero-order valence-electron chi connectivity index (χ0n) is 14.9. The zero-order valence-corrected chi connectivity index (χ0v) is 14.9. The van der Waals surface area contributed by atoms with Crippen LogP contribution >= 0.6 is 0 Å². The first-order valence-electron chi connectivity index (χ1n) is 8.97. The molecule has 0 N–H and O–H groups in total. The van der Waals surface area contributed by atoms with Gasteiger partial charge in [-0.2, -0.15) is 0 Å². The Morgan fingerprint density at radius 2 is 1.85 bits per heavy atom. The summed E-state index contributed by atoms with van der Waals surface area (Å²) in [6.07, 6.45) is 3.48. The summed E-state index contributed by atoms with van der Waals surface area (Å²) < 4.78 is 0. The van der Waals surface area contributed by atoms with Crippen molar-refractivity contribution >= 4 is 16.8 Å². The molecule has 1 amide bonds. The topological polar surface area (TPSA) is 49.3 Å². The molecule has 0 saturated carbocycles. The third-order valence-electron chi connectivity index (χ3n) is 4.94. The van der Waals surface area contributed by atoms with Crippen molar-refractivity contribution < 1.29 is 4.79 Å². The fourth-order valence-corrected chi connectivity index (χ4v) is 3.45. The highest BCUT2D eigenvalue weighted by Gasteiger charge is 2.23. The van der Waals surface area contributed by atoms with Crippen LogP contribution in [0, 0.1) is 6.92 Å². The van der Waals surface area contributed by atoms with Crippen molar-refractivity contribution in [1.82, 2.24) is 19.8 Å². The summed E-state index contributed by atoms with van der Waals surface area (Å²) in [7, 11) is 0. The SMILES string of the molecule is Cc1nc2ccncc2cc1C(=O)N1CCN(Cc2ccccc2)CC1. The van der Waals surface area contributed by atoms with E-state index in [9.17, 15) is 4.79 Å². The Bertz CT molecular complexity index is 918. The summed E-state index contributed by atoms with van der Waals surface area (Å²) in [6, 6.07) is 14.3. The van der Waals surface area contributed by atoms with E-state index in [-0.39, 0.29) is 5.91 Å². The first kappa shape index (κ1) is 16.7. The summed E-state index contributed by atoms with van der Waals surface area (Å²) in [5.41, 5.74) is 3.65. The molecule has 0 bridgehead atoms. The number of piperazine rings is 1. The van der Waals surface area contributed by atoms with Crippen molar-refractivity contribution in [2.45, 2.75) is 13.5 Å². The van der Waals surface area contributed by atoms with Crippen molar-refractivity contribution in [3.8, 4) is 0 Å². The molecular weight excluding hydrogens is 324 g/mol. The number of carbonyl (C=O) groups is 1. The van der Waals surface area contributed by atoms with E-state index >= 15 is 0 Å². The van der Waals surface area contributed by atoms with Crippen LogP contribution in [0.15, 0.2) is 54.9 Å². The summed E-state index contributed by atoms with van der Waals surface area (Å²) in [5.74, 6) is 0.0696. The maximum Gasteiger partial charge on any atom is 0.255 e. The molecule has 3 heterocycles. The molecule has 1 saturated heterocycles. The van der Waals surface area contributed by atoms with Crippen molar-refractivity contribution in [1.29, 1.82) is 0 Å². The molecule has 3 aromatic rings. The number of hydrogen-bond donors (Lipinski definition) is 0. The largest absolute Gasteiger partial charge is 0.336 e. The second-order valence-corrected chi connectivity index (χ2v) is 6.74.